The summed E-state index contributed by atoms with van der Waals surface area (Å²) in [6.07, 6.45) is 1.17. The molecule has 1 fully saturated rings. The van der Waals surface area contributed by atoms with Crippen LogP contribution in [0.15, 0.2) is 66.7 Å². The van der Waals surface area contributed by atoms with Crippen molar-refractivity contribution in [1.29, 1.82) is 0 Å². The molecule has 166 valence electrons. The minimum Gasteiger partial charge on any atom is -0.354 e. The van der Waals surface area contributed by atoms with Gasteiger partial charge in [0.25, 0.3) is 0 Å². The third-order valence-electron chi connectivity index (χ3n) is 5.83. The topological polar surface area (TPSA) is 36.7 Å². The van der Waals surface area contributed by atoms with E-state index < -0.39 is 0 Å². The van der Waals surface area contributed by atoms with Crippen LogP contribution >= 0.6 is 12.4 Å². The Morgan fingerprint density at radius 2 is 1.59 bits per heavy atom. The average molecular weight is 452 g/mol. The number of aromatic nitrogens is 3. The van der Waals surface area contributed by atoms with E-state index in [0.717, 1.165) is 66.7 Å². The Hall–Kier alpha value is -2.96. The van der Waals surface area contributed by atoms with Gasteiger partial charge < -0.3 is 4.90 Å². The first kappa shape index (κ1) is 22.2. The lowest BCUT2D eigenvalue weighted by molar-refractivity contribution is 0.257. The highest BCUT2D eigenvalue weighted by atomic mass is 35.5. The molecule has 1 aliphatic rings. The van der Waals surface area contributed by atoms with Gasteiger partial charge in [-0.3, -0.25) is 4.90 Å². The van der Waals surface area contributed by atoms with E-state index in [1.165, 1.54) is 18.6 Å². The van der Waals surface area contributed by atoms with Gasteiger partial charge in [-0.1, -0.05) is 49.4 Å². The van der Waals surface area contributed by atoms with Crippen molar-refractivity contribution in [2.45, 2.75) is 13.3 Å². The van der Waals surface area contributed by atoms with Crippen LogP contribution < -0.4 is 4.90 Å². The summed E-state index contributed by atoms with van der Waals surface area (Å²) in [6.45, 7) is 7.33. The molecule has 0 saturated carbocycles. The number of fused-ring (bicyclic) bond motifs is 1. The van der Waals surface area contributed by atoms with Crippen molar-refractivity contribution in [1.82, 2.24) is 19.5 Å². The fraction of sp³-hybridized carbons (Fsp3) is 0.280. The summed E-state index contributed by atoms with van der Waals surface area (Å²) >= 11 is 0. The molecular formula is C25H27ClFN5. The van der Waals surface area contributed by atoms with E-state index in [-0.39, 0.29) is 18.2 Å². The van der Waals surface area contributed by atoms with E-state index in [1.807, 2.05) is 34.8 Å². The van der Waals surface area contributed by atoms with Crippen molar-refractivity contribution in [3.63, 3.8) is 0 Å². The molecule has 5 rings (SSSR count). The first-order valence-corrected chi connectivity index (χ1v) is 10.9. The molecule has 0 atom stereocenters. The number of benzene rings is 2. The van der Waals surface area contributed by atoms with E-state index in [2.05, 4.69) is 34.9 Å². The third-order valence-corrected chi connectivity index (χ3v) is 5.83. The fourth-order valence-electron chi connectivity index (χ4n) is 4.25. The number of hydrogen-bond donors (Lipinski definition) is 0. The van der Waals surface area contributed by atoms with Gasteiger partial charge in [-0.25, -0.2) is 9.37 Å². The van der Waals surface area contributed by atoms with Crippen LogP contribution in [-0.2, 0) is 0 Å². The van der Waals surface area contributed by atoms with Crippen molar-refractivity contribution < 1.29 is 4.39 Å². The molecule has 32 heavy (non-hydrogen) atoms. The zero-order valence-electron chi connectivity index (χ0n) is 18.1. The van der Waals surface area contributed by atoms with Gasteiger partial charge >= 0.3 is 0 Å². The molecule has 1 saturated heterocycles. The molecular weight excluding hydrogens is 425 g/mol. The largest absolute Gasteiger partial charge is 0.354 e. The maximum absolute atomic E-state index is 13.8. The van der Waals surface area contributed by atoms with E-state index in [9.17, 15) is 4.39 Å². The number of anilines is 1. The number of piperazine rings is 1. The molecule has 0 spiro atoms. The Morgan fingerprint density at radius 3 is 2.31 bits per heavy atom. The summed E-state index contributed by atoms with van der Waals surface area (Å²) in [7, 11) is 0. The van der Waals surface area contributed by atoms with E-state index in [1.54, 1.807) is 6.07 Å². The molecule has 0 amide bonds. The smallest absolute Gasteiger partial charge is 0.158 e. The molecule has 0 radical (unpaired) electrons. The normalized spacial score (nSPS) is 14.5. The molecule has 5 nitrogen and oxygen atoms in total. The lowest BCUT2D eigenvalue weighted by Gasteiger charge is -2.35. The molecule has 0 aliphatic carbocycles. The average Bonchev–Trinajstić information content (AvgIpc) is 3.24. The maximum atomic E-state index is 13.8. The highest BCUT2D eigenvalue weighted by molar-refractivity contribution is 5.85. The van der Waals surface area contributed by atoms with Crippen LogP contribution in [-0.4, -0.2) is 52.2 Å². The quantitative estimate of drug-likeness (QED) is 0.420. The Balaban J connectivity index is 0.00000245. The second-order valence-corrected chi connectivity index (χ2v) is 8.00. The summed E-state index contributed by atoms with van der Waals surface area (Å²) in [6, 6.07) is 20.8. The number of rotatable bonds is 5. The standard InChI is InChI=1S/C25H26FN5.ClH/c1-2-11-29-12-14-30(15-13-29)25-18-22(19-7-4-3-5-8-19)27-24-17-23(28-31(24)25)20-9-6-10-21(26)16-20;/h3-10,16-18H,2,11-15H2,1H3;1H. The van der Waals surface area contributed by atoms with Crippen molar-refractivity contribution >= 4 is 23.9 Å². The third kappa shape index (κ3) is 4.47. The minimum atomic E-state index is -0.264. The van der Waals surface area contributed by atoms with Crippen LogP contribution in [0.4, 0.5) is 10.2 Å². The molecule has 1 aliphatic heterocycles. The van der Waals surface area contributed by atoms with Gasteiger partial charge in [-0.15, -0.1) is 12.4 Å². The second-order valence-electron chi connectivity index (χ2n) is 8.00. The summed E-state index contributed by atoms with van der Waals surface area (Å²) in [5.41, 5.74) is 4.24. The van der Waals surface area contributed by atoms with Crippen LogP contribution in [0.1, 0.15) is 13.3 Å². The zero-order valence-corrected chi connectivity index (χ0v) is 18.9. The van der Waals surface area contributed by atoms with Gasteiger partial charge in [-0.05, 0) is 25.1 Å². The first-order chi connectivity index (χ1) is 15.2. The highest BCUT2D eigenvalue weighted by Gasteiger charge is 2.21. The predicted molar refractivity (Wildman–Crippen MR) is 130 cm³/mol. The molecule has 0 unspecified atom stereocenters. The lowest BCUT2D eigenvalue weighted by atomic mass is 10.1. The Bertz CT molecular complexity index is 1190. The highest BCUT2D eigenvalue weighted by Crippen LogP contribution is 2.28. The Morgan fingerprint density at radius 1 is 0.844 bits per heavy atom. The van der Waals surface area contributed by atoms with E-state index in [4.69, 9.17) is 10.1 Å². The monoisotopic (exact) mass is 451 g/mol. The van der Waals surface area contributed by atoms with Crippen molar-refractivity contribution in [3.05, 3.63) is 72.5 Å². The zero-order chi connectivity index (χ0) is 21.2. The lowest BCUT2D eigenvalue weighted by Crippen LogP contribution is -2.47. The molecule has 2 aromatic heterocycles. The van der Waals surface area contributed by atoms with Gasteiger partial charge in [0.05, 0.1) is 11.4 Å². The minimum absolute atomic E-state index is 0. The van der Waals surface area contributed by atoms with Crippen LogP contribution in [0, 0.1) is 5.82 Å². The molecule has 0 bridgehead atoms. The number of nitrogens with zero attached hydrogens (tertiary/aromatic N) is 5. The van der Waals surface area contributed by atoms with Gasteiger partial charge in [0.1, 0.15) is 11.6 Å². The fourth-order valence-corrected chi connectivity index (χ4v) is 4.25. The summed E-state index contributed by atoms with van der Waals surface area (Å²) < 4.78 is 15.7. The number of halogens is 2. The first-order valence-electron chi connectivity index (χ1n) is 10.9. The van der Waals surface area contributed by atoms with E-state index in [0.29, 0.717) is 0 Å². The Labute approximate surface area is 193 Å². The SMILES string of the molecule is CCCN1CCN(c2cc(-c3ccccc3)nc3cc(-c4cccc(F)c4)nn23)CC1.Cl. The second kappa shape index (κ2) is 9.67. The Kier molecular flexibility index (Phi) is 6.72. The van der Waals surface area contributed by atoms with Crippen LogP contribution in [0.3, 0.4) is 0 Å². The summed E-state index contributed by atoms with van der Waals surface area (Å²) in [5.74, 6) is 0.766. The maximum Gasteiger partial charge on any atom is 0.158 e. The number of hydrogen-bond acceptors (Lipinski definition) is 4. The molecule has 4 aromatic rings. The van der Waals surface area contributed by atoms with Crippen LogP contribution in [0.5, 0.6) is 0 Å². The van der Waals surface area contributed by atoms with Gasteiger partial charge in [0, 0.05) is 49.4 Å². The van der Waals surface area contributed by atoms with Gasteiger partial charge in [-0.2, -0.15) is 9.61 Å². The van der Waals surface area contributed by atoms with Gasteiger partial charge in [0.15, 0.2) is 5.65 Å². The molecule has 0 N–H and O–H groups in total. The summed E-state index contributed by atoms with van der Waals surface area (Å²) in [4.78, 5) is 9.78. The van der Waals surface area contributed by atoms with Gasteiger partial charge in [0.2, 0.25) is 0 Å². The molecule has 3 heterocycles. The predicted octanol–water partition coefficient (Wildman–Crippen LogP) is 5.16. The van der Waals surface area contributed by atoms with Crippen molar-refractivity contribution in [2.24, 2.45) is 0 Å². The molecule has 7 heteroatoms. The molecule has 2 aromatic carbocycles. The van der Waals surface area contributed by atoms with Crippen LogP contribution in [0.25, 0.3) is 28.2 Å². The van der Waals surface area contributed by atoms with Crippen molar-refractivity contribution in [3.8, 4) is 22.5 Å². The summed E-state index contributed by atoms with van der Waals surface area (Å²) in [5, 5.41) is 4.82. The van der Waals surface area contributed by atoms with Crippen molar-refractivity contribution in [2.75, 3.05) is 37.6 Å². The van der Waals surface area contributed by atoms with Crippen LogP contribution in [0.2, 0.25) is 0 Å². The van der Waals surface area contributed by atoms with E-state index >= 15 is 0 Å².